The Morgan fingerprint density at radius 3 is 1.40 bits per heavy atom. The van der Waals surface area contributed by atoms with Crippen LogP contribution in [0.3, 0.4) is 0 Å². The maximum absolute atomic E-state index is 12.3. The zero-order valence-corrected chi connectivity index (χ0v) is 9.23. The highest BCUT2D eigenvalue weighted by Gasteiger charge is 2.52. The van der Waals surface area contributed by atoms with E-state index in [2.05, 4.69) is 9.31 Å². The first-order valence-electron chi connectivity index (χ1n) is 4.59. The molecule has 0 saturated heterocycles. The number of hydrogen-bond acceptors (Lipinski definition) is 3. The molecule has 0 heterocycles. The van der Waals surface area contributed by atoms with Crippen LogP contribution in [0.2, 0.25) is 5.82 Å². The van der Waals surface area contributed by atoms with Crippen LogP contribution in [-0.4, -0.2) is 38.9 Å². The van der Waals surface area contributed by atoms with E-state index in [0.717, 1.165) is 0 Å². The van der Waals surface area contributed by atoms with Gasteiger partial charge in [0.25, 0.3) is 0 Å². The molecule has 116 valence electrons. The Morgan fingerprint density at radius 2 is 1.20 bits per heavy atom. The van der Waals surface area contributed by atoms with Crippen LogP contribution in [0.1, 0.15) is 0 Å². The molecule has 1 atom stereocenters. The fraction of sp³-hybridized carbons (Fsp3) is 0.857. The molecule has 0 spiro atoms. The van der Waals surface area contributed by atoms with Gasteiger partial charge >= 0.3 is 25.6 Å². The van der Waals surface area contributed by atoms with Crippen molar-refractivity contribution in [2.24, 2.45) is 0 Å². The molecule has 0 saturated carbocycles. The van der Waals surface area contributed by atoms with Crippen molar-refractivity contribution in [2.45, 2.75) is 24.3 Å². The third-order valence-electron chi connectivity index (χ3n) is 1.59. The van der Waals surface area contributed by atoms with Gasteiger partial charge in [-0.3, -0.25) is 0 Å². The smallest absolute Gasteiger partial charge is 0.401 e. The Hall–Kier alpha value is -1.16. The third kappa shape index (κ3) is 8.10. The predicted octanol–water partition coefficient (Wildman–Crippen LogP) is 3.09. The summed E-state index contributed by atoms with van der Waals surface area (Å²) in [5.74, 6) is -3.28. The first-order valence-corrected chi connectivity index (χ1v) is 4.59. The van der Waals surface area contributed by atoms with Crippen molar-refractivity contribution in [3.05, 3.63) is 0 Å². The van der Waals surface area contributed by atoms with Crippen molar-refractivity contribution in [1.29, 1.82) is 5.26 Å². The molecule has 13 heteroatoms. The van der Waals surface area contributed by atoms with Gasteiger partial charge in [0.15, 0.2) is 5.82 Å². The second-order valence-electron chi connectivity index (χ2n) is 3.37. The molecule has 0 aromatic carbocycles. The van der Waals surface area contributed by atoms with E-state index >= 15 is 0 Å². The Balaban J connectivity index is 4.91. The van der Waals surface area contributed by atoms with Crippen molar-refractivity contribution < 1.29 is 48.8 Å². The van der Waals surface area contributed by atoms with Gasteiger partial charge in [-0.1, -0.05) is 0 Å². The molecule has 20 heavy (non-hydrogen) atoms. The van der Waals surface area contributed by atoms with Gasteiger partial charge < -0.3 is 9.31 Å². The second kappa shape index (κ2) is 6.53. The van der Waals surface area contributed by atoms with Gasteiger partial charge in [0.1, 0.15) is 13.2 Å². The van der Waals surface area contributed by atoms with Gasteiger partial charge in [-0.25, -0.2) is 0 Å². The van der Waals surface area contributed by atoms with Gasteiger partial charge in [0.2, 0.25) is 0 Å². The highest BCUT2D eigenvalue weighted by molar-refractivity contribution is 6.47. The molecule has 0 N–H and O–H groups in total. The summed E-state index contributed by atoms with van der Waals surface area (Å²) < 4.78 is 115. The molecule has 0 rings (SSSR count). The van der Waals surface area contributed by atoms with Gasteiger partial charge in [0.05, 0.1) is 6.07 Å². The van der Waals surface area contributed by atoms with Crippen molar-refractivity contribution >= 4 is 7.12 Å². The van der Waals surface area contributed by atoms with Crippen LogP contribution in [0.25, 0.3) is 0 Å². The second-order valence-corrected chi connectivity index (χ2v) is 3.37. The number of rotatable bonds is 5. The fourth-order valence-electron chi connectivity index (χ4n) is 0.882. The van der Waals surface area contributed by atoms with Crippen molar-refractivity contribution in [2.75, 3.05) is 13.2 Å². The van der Waals surface area contributed by atoms with Gasteiger partial charge in [0, 0.05) is 0 Å². The highest BCUT2D eigenvalue weighted by atomic mass is 19.4. The van der Waals surface area contributed by atoms with Crippen LogP contribution in [0.4, 0.5) is 39.5 Å². The number of halogens is 9. The highest BCUT2D eigenvalue weighted by Crippen LogP contribution is 2.35. The molecule has 0 aliphatic rings. The average Bonchev–Trinajstić information content (AvgIpc) is 2.17. The molecular formula is C7H5BF9NO2. The van der Waals surface area contributed by atoms with Crippen LogP contribution < -0.4 is 0 Å². The van der Waals surface area contributed by atoms with E-state index in [1.807, 2.05) is 0 Å². The van der Waals surface area contributed by atoms with Crippen LogP contribution in [0.15, 0.2) is 0 Å². The summed E-state index contributed by atoms with van der Waals surface area (Å²) in [5.41, 5.74) is 0. The lowest BCUT2D eigenvalue weighted by Crippen LogP contribution is -2.41. The normalized spacial score (nSPS) is 14.8. The van der Waals surface area contributed by atoms with Gasteiger partial charge in [-0.05, 0) is 0 Å². The van der Waals surface area contributed by atoms with E-state index in [-0.39, 0.29) is 0 Å². The summed E-state index contributed by atoms with van der Waals surface area (Å²) in [5, 5.41) is 8.20. The molecule has 1 unspecified atom stereocenters. The monoisotopic (exact) mass is 317 g/mol. The van der Waals surface area contributed by atoms with Crippen molar-refractivity contribution in [3.63, 3.8) is 0 Å². The summed E-state index contributed by atoms with van der Waals surface area (Å²) in [4.78, 5) is 0. The average molecular weight is 317 g/mol. The van der Waals surface area contributed by atoms with Crippen molar-refractivity contribution in [1.82, 2.24) is 0 Å². The molecule has 3 nitrogen and oxygen atoms in total. The number of nitriles is 1. The molecule has 0 aromatic heterocycles. The van der Waals surface area contributed by atoms with E-state index in [1.165, 1.54) is 0 Å². The molecule has 0 amide bonds. The minimum absolute atomic E-state index is 0.505. The van der Waals surface area contributed by atoms with Gasteiger partial charge in [-0.2, -0.15) is 44.8 Å². The minimum atomic E-state index is -5.41. The van der Waals surface area contributed by atoms with E-state index in [4.69, 9.17) is 5.26 Å². The van der Waals surface area contributed by atoms with E-state index in [9.17, 15) is 39.5 Å². The summed E-state index contributed by atoms with van der Waals surface area (Å²) in [6, 6.07) is 0.505. The lowest BCUT2D eigenvalue weighted by atomic mass is 9.72. The van der Waals surface area contributed by atoms with Crippen molar-refractivity contribution in [3.8, 4) is 6.07 Å². The topological polar surface area (TPSA) is 42.2 Å². The Morgan fingerprint density at radius 1 is 0.850 bits per heavy atom. The predicted molar refractivity (Wildman–Crippen MR) is 45.2 cm³/mol. The fourth-order valence-corrected chi connectivity index (χ4v) is 0.882. The quantitative estimate of drug-likeness (QED) is 0.578. The van der Waals surface area contributed by atoms with Crippen LogP contribution in [-0.2, 0) is 9.31 Å². The summed E-state index contributed by atoms with van der Waals surface area (Å²) in [6.45, 7) is -4.58. The first-order chi connectivity index (χ1) is 8.76. The molecule has 0 bridgehead atoms. The molecule has 0 aromatic rings. The first kappa shape index (κ1) is 18.8. The summed E-state index contributed by atoms with van der Waals surface area (Å²) in [6.07, 6.45) is -15.6. The standard InChI is InChI=1S/C7H5BF9NO2/c9-5(10,11)2-19-8(20-3-6(12,13)14)4(1-18)7(15,16)17/h4H,2-3H2. The van der Waals surface area contributed by atoms with Crippen LogP contribution >= 0.6 is 0 Å². The maximum Gasteiger partial charge on any atom is 0.485 e. The Labute approximate surface area is 106 Å². The largest absolute Gasteiger partial charge is 0.485 e. The molecule has 0 radical (unpaired) electrons. The Kier molecular flexibility index (Phi) is 6.15. The SMILES string of the molecule is N#CC(B(OCC(F)(F)F)OCC(F)(F)F)C(F)(F)F. The lowest BCUT2D eigenvalue weighted by Gasteiger charge is -2.21. The van der Waals surface area contributed by atoms with Crippen LogP contribution in [0.5, 0.6) is 0 Å². The van der Waals surface area contributed by atoms with E-state index < -0.39 is 44.7 Å². The zero-order chi connectivity index (χ0) is 16.2. The maximum atomic E-state index is 12.3. The summed E-state index contributed by atoms with van der Waals surface area (Å²) >= 11 is 0. The number of alkyl halides is 9. The van der Waals surface area contributed by atoms with E-state index in [1.54, 1.807) is 0 Å². The third-order valence-corrected chi connectivity index (χ3v) is 1.59. The Bertz CT molecular complexity index is 326. The lowest BCUT2D eigenvalue weighted by molar-refractivity contribution is -0.176. The minimum Gasteiger partial charge on any atom is -0.401 e. The number of hydrogen-bond donors (Lipinski definition) is 0. The van der Waals surface area contributed by atoms with E-state index in [0.29, 0.717) is 6.07 Å². The molecular weight excluding hydrogens is 312 g/mol. The molecule has 0 aliphatic carbocycles. The molecule has 0 aliphatic heterocycles. The summed E-state index contributed by atoms with van der Waals surface area (Å²) in [7, 11) is -3.04. The van der Waals surface area contributed by atoms with Crippen LogP contribution in [0, 0.1) is 11.3 Å². The van der Waals surface area contributed by atoms with Gasteiger partial charge in [-0.15, -0.1) is 0 Å². The number of nitrogens with zero attached hydrogens (tertiary/aromatic N) is 1. The molecule has 0 fully saturated rings. The zero-order valence-electron chi connectivity index (χ0n) is 9.23.